The number of carbonyl (C=O) groups excluding carboxylic acids is 4. The van der Waals surface area contributed by atoms with Gasteiger partial charge in [0, 0.05) is 31.3 Å². The summed E-state index contributed by atoms with van der Waals surface area (Å²) in [6.07, 6.45) is 9.50. The molecule has 5 atom stereocenters. The van der Waals surface area contributed by atoms with E-state index in [1.165, 1.54) is 21.3 Å². The Balaban J connectivity index is 1.03. The molecule has 0 spiro atoms. The van der Waals surface area contributed by atoms with Crippen molar-refractivity contribution in [2.45, 2.75) is 70.3 Å². The minimum Gasteiger partial charge on any atom is -0.453 e. The van der Waals surface area contributed by atoms with E-state index in [1.54, 1.807) is 35.3 Å². The zero-order chi connectivity index (χ0) is 42.5. The summed E-state index contributed by atoms with van der Waals surface area (Å²) in [7, 11) is 4.01. The number of aromatic amines is 2. The third kappa shape index (κ3) is 8.71. The van der Waals surface area contributed by atoms with Gasteiger partial charge < -0.3 is 44.6 Å². The Morgan fingerprint density at radius 2 is 1.40 bits per heavy atom. The molecule has 0 bridgehead atoms. The van der Waals surface area contributed by atoms with Crippen LogP contribution in [0.2, 0.25) is 0 Å². The highest BCUT2D eigenvalue weighted by molar-refractivity contribution is 5.88. The van der Waals surface area contributed by atoms with Gasteiger partial charge in [-0.3, -0.25) is 19.6 Å². The summed E-state index contributed by atoms with van der Waals surface area (Å²) >= 11 is 0. The third-order valence-electron chi connectivity index (χ3n) is 11.1. The van der Waals surface area contributed by atoms with Crippen LogP contribution in [0.5, 0.6) is 0 Å². The molecule has 5 heterocycles. The molecule has 17 heteroatoms. The highest BCUT2D eigenvalue weighted by Crippen LogP contribution is 2.34. The molecule has 17 nitrogen and oxygen atoms in total. The molecular weight excluding hydrogens is 769 g/mol. The van der Waals surface area contributed by atoms with Crippen LogP contribution in [0.1, 0.15) is 63.8 Å². The SMILES string of the molecule is COC(=O)NC(C(=O)N1CCCC1c1ncc(-c2ccc(-c3cnc(-c4ccc5nc(C6C=CCCN6C(=O)C(NC(=O)OC)C(C)OC)[nH]c5c4)cn3)cc2)[nH]1)C(C)C. The van der Waals surface area contributed by atoms with Gasteiger partial charge in [-0.05, 0) is 49.8 Å². The van der Waals surface area contributed by atoms with Gasteiger partial charge in [-0.25, -0.2) is 19.6 Å². The van der Waals surface area contributed by atoms with Crippen LogP contribution in [0.25, 0.3) is 44.8 Å². The fourth-order valence-corrected chi connectivity index (χ4v) is 7.67. The van der Waals surface area contributed by atoms with Gasteiger partial charge in [0.2, 0.25) is 11.8 Å². The number of methoxy groups -OCH3 is 3. The number of ether oxygens (including phenoxy) is 3. The third-order valence-corrected chi connectivity index (χ3v) is 11.1. The number of hydrogen-bond donors (Lipinski definition) is 4. The Labute approximate surface area is 347 Å². The highest BCUT2D eigenvalue weighted by Gasteiger charge is 2.38. The first kappa shape index (κ1) is 41.5. The molecule has 5 aromatic rings. The summed E-state index contributed by atoms with van der Waals surface area (Å²) in [5.41, 5.74) is 6.36. The molecule has 0 saturated carbocycles. The van der Waals surface area contributed by atoms with Crippen LogP contribution >= 0.6 is 0 Å². The predicted octanol–water partition coefficient (Wildman–Crippen LogP) is 5.71. The van der Waals surface area contributed by atoms with E-state index < -0.39 is 36.4 Å². The average molecular weight is 819 g/mol. The number of hydrogen-bond acceptors (Lipinski definition) is 11. The summed E-state index contributed by atoms with van der Waals surface area (Å²) in [6.45, 7) is 6.52. The number of fused-ring (bicyclic) bond motifs is 1. The number of alkyl carbamates (subject to hydrolysis) is 2. The van der Waals surface area contributed by atoms with Crippen LogP contribution in [0.4, 0.5) is 9.59 Å². The lowest BCUT2D eigenvalue weighted by Crippen LogP contribution is -2.55. The van der Waals surface area contributed by atoms with Crippen LogP contribution < -0.4 is 10.6 Å². The van der Waals surface area contributed by atoms with Crippen LogP contribution in [-0.2, 0) is 23.8 Å². The lowest BCUT2D eigenvalue weighted by Gasteiger charge is -2.35. The molecule has 4 N–H and O–H groups in total. The molecule has 1 fully saturated rings. The van der Waals surface area contributed by atoms with Crippen molar-refractivity contribution in [3.63, 3.8) is 0 Å². The Morgan fingerprint density at radius 3 is 2.07 bits per heavy atom. The maximum absolute atomic E-state index is 13.8. The van der Waals surface area contributed by atoms with E-state index in [1.807, 2.05) is 68.5 Å². The van der Waals surface area contributed by atoms with Gasteiger partial charge in [-0.15, -0.1) is 0 Å². The first-order chi connectivity index (χ1) is 29.0. The smallest absolute Gasteiger partial charge is 0.407 e. The van der Waals surface area contributed by atoms with Crippen LogP contribution in [0, 0.1) is 5.92 Å². The van der Waals surface area contributed by atoms with Gasteiger partial charge in [0.1, 0.15) is 29.8 Å². The normalized spacial score (nSPS) is 18.0. The lowest BCUT2D eigenvalue weighted by atomic mass is 10.0. The van der Waals surface area contributed by atoms with Crippen molar-refractivity contribution in [3.8, 4) is 33.8 Å². The second-order valence-corrected chi connectivity index (χ2v) is 15.2. The standard InChI is InChI=1S/C43H50N10O7/c1-24(2)36(50-42(56)59-5)40(54)53-19-9-11-34(53)38-46-23-33(49-38)27-14-12-26(13-15-27)31-21-45-32(22-44-31)28-16-17-29-30(20-28)48-39(47-29)35-10-7-8-18-52(35)41(55)37(25(3)58-4)51-43(57)60-6/h7,10,12-17,20-25,34-37H,8-9,11,18-19H2,1-6H3,(H,46,49)(H,47,48)(H,50,56)(H,51,57). The van der Waals surface area contributed by atoms with Gasteiger partial charge in [0.15, 0.2) is 0 Å². The number of rotatable bonds is 12. The lowest BCUT2D eigenvalue weighted by molar-refractivity contribution is -0.138. The van der Waals surface area contributed by atoms with Gasteiger partial charge in [-0.2, -0.15) is 0 Å². The molecule has 314 valence electrons. The summed E-state index contributed by atoms with van der Waals surface area (Å²) < 4.78 is 14.9. The number of nitrogens with zero attached hydrogens (tertiary/aromatic N) is 6. The van der Waals surface area contributed by atoms with E-state index in [9.17, 15) is 19.2 Å². The highest BCUT2D eigenvalue weighted by atomic mass is 16.5. The molecule has 3 aromatic heterocycles. The molecule has 7 rings (SSSR count). The second kappa shape index (κ2) is 18.1. The van der Waals surface area contributed by atoms with Gasteiger partial charge in [0.25, 0.3) is 0 Å². The van der Waals surface area contributed by atoms with Gasteiger partial charge in [-0.1, -0.05) is 56.3 Å². The van der Waals surface area contributed by atoms with Crippen molar-refractivity contribution in [1.29, 1.82) is 0 Å². The van der Waals surface area contributed by atoms with E-state index in [-0.39, 0.29) is 23.8 Å². The van der Waals surface area contributed by atoms with Crippen LogP contribution in [0.3, 0.4) is 0 Å². The van der Waals surface area contributed by atoms with Crippen LogP contribution in [0.15, 0.2) is 73.2 Å². The summed E-state index contributed by atoms with van der Waals surface area (Å²) in [5.74, 6) is 0.708. The monoisotopic (exact) mass is 818 g/mol. The van der Waals surface area contributed by atoms with Crippen molar-refractivity contribution in [2.75, 3.05) is 34.4 Å². The zero-order valence-electron chi connectivity index (χ0n) is 34.5. The molecule has 2 aliphatic heterocycles. The maximum Gasteiger partial charge on any atom is 0.407 e. The molecule has 2 aliphatic rings. The van der Waals surface area contributed by atoms with Crippen LogP contribution in [-0.4, -0.2) is 116 Å². The van der Waals surface area contributed by atoms with Crippen molar-refractivity contribution < 1.29 is 33.4 Å². The van der Waals surface area contributed by atoms with E-state index in [2.05, 4.69) is 25.6 Å². The Hall–Kier alpha value is -6.62. The predicted molar refractivity (Wildman–Crippen MR) is 222 cm³/mol. The van der Waals surface area contributed by atoms with E-state index in [4.69, 9.17) is 29.2 Å². The number of nitrogens with one attached hydrogen (secondary N) is 4. The molecule has 0 aliphatic carbocycles. The number of benzene rings is 2. The Kier molecular flexibility index (Phi) is 12.5. The number of aromatic nitrogens is 6. The number of amides is 4. The average Bonchev–Trinajstić information content (AvgIpc) is 4.07. The van der Waals surface area contributed by atoms with Crippen molar-refractivity contribution in [3.05, 3.63) is 84.9 Å². The molecule has 4 amide bonds. The summed E-state index contributed by atoms with van der Waals surface area (Å²) in [6, 6.07) is 11.4. The first-order valence-corrected chi connectivity index (χ1v) is 20.0. The first-order valence-electron chi connectivity index (χ1n) is 20.0. The van der Waals surface area contributed by atoms with E-state index in [0.717, 1.165) is 46.3 Å². The molecule has 60 heavy (non-hydrogen) atoms. The second-order valence-electron chi connectivity index (χ2n) is 15.2. The van der Waals surface area contributed by atoms with E-state index >= 15 is 0 Å². The van der Waals surface area contributed by atoms with Crippen molar-refractivity contribution in [1.82, 2.24) is 50.3 Å². The summed E-state index contributed by atoms with van der Waals surface area (Å²) in [5, 5.41) is 5.30. The number of imidazole rings is 2. The molecule has 5 unspecified atom stereocenters. The summed E-state index contributed by atoms with van der Waals surface area (Å²) in [4.78, 5) is 80.6. The van der Waals surface area contributed by atoms with Crippen molar-refractivity contribution in [2.24, 2.45) is 5.92 Å². The van der Waals surface area contributed by atoms with E-state index in [0.29, 0.717) is 42.5 Å². The molecule has 1 saturated heterocycles. The largest absolute Gasteiger partial charge is 0.453 e. The molecule has 2 aromatic carbocycles. The molecule has 0 radical (unpaired) electrons. The topological polar surface area (TPSA) is 210 Å². The quantitative estimate of drug-likeness (QED) is 0.112. The maximum atomic E-state index is 13.8. The Bertz CT molecular complexity index is 2360. The minimum atomic E-state index is -0.951. The van der Waals surface area contributed by atoms with Crippen molar-refractivity contribution >= 4 is 35.0 Å². The number of carbonyl (C=O) groups is 4. The minimum absolute atomic E-state index is 0.118. The number of H-pyrrole nitrogens is 2. The Morgan fingerprint density at radius 1 is 0.750 bits per heavy atom. The van der Waals surface area contributed by atoms with Gasteiger partial charge >= 0.3 is 12.2 Å². The van der Waals surface area contributed by atoms with Gasteiger partial charge in [0.05, 0.1) is 73.1 Å². The molecular formula is C43H50N10O7. The fraction of sp³-hybridized carbons (Fsp3) is 0.395. The number of likely N-dealkylation sites (tertiary alicyclic amines) is 1. The fourth-order valence-electron chi connectivity index (χ4n) is 7.67. The zero-order valence-corrected chi connectivity index (χ0v) is 34.5.